The van der Waals surface area contributed by atoms with Gasteiger partial charge in [0.25, 0.3) is 0 Å². The molecule has 33 rings (SSSR count). The van der Waals surface area contributed by atoms with Gasteiger partial charge in [-0.15, -0.1) is 0 Å². The molecule has 0 aromatic heterocycles. The standard InChI is InChI=1S/C67H5ClO3/c68-6-3-1-5(2-4-6)65(69)71-67-63-57-51-41-29-21-13-9-7-8-11-15(13)23(29)33-27-19(11)20-12(8)16-14-10(7)18-17(9)25-31(21)39-45-35(25)36-26(18)32-22(14)30-24(16)34-28(20)38-37(27)49(43(33)51)59(63)60-50(38)44(34)52-42(30)48-40(32)46(36)54-53(45)61(55(57)47(39)41)66(67,70)62(54)56(48)58(52)64(60)67/h1-4,70H. The number of carbonyl (C=O) groups excluding carboxylic acids is 1. The molecule has 4 aliphatic rings. The molecule has 0 heterocycles. The molecule has 0 radical (unpaired) electrons. The molecule has 29 aromatic rings. The predicted octanol–water partition coefficient (Wildman–Crippen LogP) is 17.7. The SMILES string of the molecule is O=C(OC12c3c4c5c6c7c8c(c9c%10c1c1c3c3c%11c4c4c5c5c7c7c%12c8c8c9c9c%10c%10c1c1c3c3c%11c%11c4c4c5c7c5c7c%12c8c8c9c9c%10c1c1c3c3c%11c4c5c4c7c8c9c1c34)C62O)c1ccc(Cl)cc1. The predicted molar refractivity (Wildman–Crippen MR) is 293 cm³/mol. The van der Waals surface area contributed by atoms with Crippen molar-refractivity contribution in [3.05, 3.63) is 57.1 Å². The van der Waals surface area contributed by atoms with Crippen molar-refractivity contribution in [1.29, 1.82) is 0 Å². The molecular formula is C67H5ClO3. The van der Waals surface area contributed by atoms with E-state index in [9.17, 15) is 0 Å². The maximum absolute atomic E-state index is 15.9. The van der Waals surface area contributed by atoms with Crippen molar-refractivity contribution >= 4 is 308 Å². The first-order valence-electron chi connectivity index (χ1n) is 25.6. The fourth-order valence-corrected chi connectivity index (χ4v) is 24.2. The lowest BCUT2D eigenvalue weighted by molar-refractivity contribution is -0.115. The number of benzene rings is 19. The molecule has 0 atom stereocenters. The number of aliphatic hydroxyl groups is 1. The fraction of sp³-hybridized carbons (Fsp3) is 0.0299. The monoisotopic (exact) mass is 892 g/mol. The van der Waals surface area contributed by atoms with E-state index in [0.29, 0.717) is 10.6 Å². The summed E-state index contributed by atoms with van der Waals surface area (Å²) in [5.41, 5.74) is 1.37. The molecule has 71 heavy (non-hydrogen) atoms. The summed E-state index contributed by atoms with van der Waals surface area (Å²) < 4.78 is 7.88. The summed E-state index contributed by atoms with van der Waals surface area (Å²) in [6.45, 7) is 0. The van der Waals surface area contributed by atoms with E-state index in [1.54, 1.807) is 66.0 Å². The van der Waals surface area contributed by atoms with Crippen LogP contribution in [-0.4, -0.2) is 11.1 Å². The summed E-state index contributed by atoms with van der Waals surface area (Å²) >= 11 is 6.57. The quantitative estimate of drug-likeness (QED) is 0.139. The van der Waals surface area contributed by atoms with E-state index < -0.39 is 17.2 Å². The lowest BCUT2D eigenvalue weighted by Gasteiger charge is -2.49. The maximum Gasteiger partial charge on any atom is 0.339 e. The van der Waals surface area contributed by atoms with E-state index in [1.807, 2.05) is 12.1 Å². The summed E-state index contributed by atoms with van der Waals surface area (Å²) in [5.74, 6) is -0.410. The number of hydrogen-bond donors (Lipinski definition) is 1. The summed E-state index contributed by atoms with van der Waals surface area (Å²) in [4.78, 5) is 15.9. The average molecular weight is 893 g/mol. The first-order valence-corrected chi connectivity index (χ1v) is 26.0. The summed E-state index contributed by atoms with van der Waals surface area (Å²) in [6, 6.07) is 7.24. The van der Waals surface area contributed by atoms with Gasteiger partial charge in [0.2, 0.25) is 5.60 Å². The van der Waals surface area contributed by atoms with Gasteiger partial charge in [-0.25, -0.2) is 4.79 Å². The van der Waals surface area contributed by atoms with Crippen LogP contribution in [0.3, 0.4) is 0 Å². The van der Waals surface area contributed by atoms with Gasteiger partial charge in [0.05, 0.1) is 5.56 Å². The Labute approximate surface area is 389 Å². The van der Waals surface area contributed by atoms with E-state index in [1.165, 1.54) is 237 Å². The zero-order valence-corrected chi connectivity index (χ0v) is 36.2. The minimum Gasteiger partial charge on any atom is -0.442 e. The van der Waals surface area contributed by atoms with Crippen LogP contribution in [0, 0.1) is 0 Å². The third kappa shape index (κ3) is 1.47. The maximum atomic E-state index is 15.9. The summed E-state index contributed by atoms with van der Waals surface area (Å²) in [5, 5.41) is 94.3. The molecule has 0 saturated carbocycles. The van der Waals surface area contributed by atoms with Crippen molar-refractivity contribution in [3.63, 3.8) is 0 Å². The molecule has 4 aliphatic carbocycles. The van der Waals surface area contributed by atoms with Gasteiger partial charge in [-0.3, -0.25) is 0 Å². The zero-order chi connectivity index (χ0) is 42.8. The topological polar surface area (TPSA) is 46.5 Å². The second-order valence-corrected chi connectivity index (χ2v) is 25.5. The Morgan fingerprint density at radius 3 is 0.648 bits per heavy atom. The average Bonchev–Trinajstić information content (AvgIpc) is 4.37. The molecule has 29 aromatic carbocycles. The summed E-state index contributed by atoms with van der Waals surface area (Å²) in [7, 11) is 0. The van der Waals surface area contributed by atoms with Crippen LogP contribution in [0.15, 0.2) is 24.3 Å². The van der Waals surface area contributed by atoms with Crippen LogP contribution in [0.5, 0.6) is 0 Å². The van der Waals surface area contributed by atoms with Crippen LogP contribution >= 0.6 is 11.6 Å². The third-order valence-corrected chi connectivity index (χ3v) is 24.8. The van der Waals surface area contributed by atoms with Crippen LogP contribution in [0.4, 0.5) is 0 Å². The van der Waals surface area contributed by atoms with Gasteiger partial charge in [0.1, 0.15) is 0 Å². The second kappa shape index (κ2) is 6.11. The van der Waals surface area contributed by atoms with Crippen LogP contribution in [-0.2, 0) is 15.9 Å². The molecule has 4 heteroatoms. The van der Waals surface area contributed by atoms with Crippen LogP contribution in [0.2, 0.25) is 5.02 Å². The van der Waals surface area contributed by atoms with Crippen molar-refractivity contribution in [2.75, 3.05) is 0 Å². The van der Waals surface area contributed by atoms with Crippen molar-refractivity contribution in [3.8, 4) is 0 Å². The number of ether oxygens (including phenoxy) is 1. The smallest absolute Gasteiger partial charge is 0.339 e. The molecular weight excluding hydrogens is 888 g/mol. The molecule has 0 saturated heterocycles. The van der Waals surface area contributed by atoms with Crippen molar-refractivity contribution in [1.82, 2.24) is 0 Å². The van der Waals surface area contributed by atoms with Gasteiger partial charge in [0.15, 0.2) is 5.60 Å². The van der Waals surface area contributed by atoms with E-state index in [2.05, 4.69) is 0 Å². The van der Waals surface area contributed by atoms with Crippen LogP contribution < -0.4 is 0 Å². The first kappa shape index (κ1) is 27.0. The molecule has 0 bridgehead atoms. The highest BCUT2D eigenvalue weighted by atomic mass is 35.5. The number of hydrogen-bond acceptors (Lipinski definition) is 3. The lowest BCUT2D eigenvalue weighted by Crippen LogP contribution is -2.54. The highest BCUT2D eigenvalue weighted by Gasteiger charge is 2.72. The molecule has 298 valence electrons. The van der Waals surface area contributed by atoms with Crippen LogP contribution in [0.1, 0.15) is 32.6 Å². The van der Waals surface area contributed by atoms with Crippen molar-refractivity contribution in [2.24, 2.45) is 0 Å². The third-order valence-electron chi connectivity index (χ3n) is 24.5. The highest BCUT2D eigenvalue weighted by Crippen LogP contribution is 2.84. The molecule has 1 N–H and O–H groups in total. The van der Waals surface area contributed by atoms with Gasteiger partial charge >= 0.3 is 5.97 Å². The minimum atomic E-state index is -1.71. The minimum absolute atomic E-state index is 0.410. The Bertz CT molecular complexity index is 7240. The van der Waals surface area contributed by atoms with E-state index in [0.717, 1.165) is 22.3 Å². The molecule has 3 nitrogen and oxygen atoms in total. The number of halogens is 1. The fourth-order valence-electron chi connectivity index (χ4n) is 24.1. The number of esters is 1. The van der Waals surface area contributed by atoms with Gasteiger partial charge in [-0.1, -0.05) is 11.6 Å². The van der Waals surface area contributed by atoms with Gasteiger partial charge in [0, 0.05) is 27.3 Å². The van der Waals surface area contributed by atoms with Crippen molar-refractivity contribution < 1.29 is 14.6 Å². The second-order valence-electron chi connectivity index (χ2n) is 25.0. The Morgan fingerprint density at radius 2 is 0.451 bits per heavy atom. The largest absolute Gasteiger partial charge is 0.442 e. The molecule has 0 spiro atoms. The highest BCUT2D eigenvalue weighted by molar-refractivity contribution is 6.82. The first-order chi connectivity index (χ1) is 35.1. The van der Waals surface area contributed by atoms with Gasteiger partial charge < -0.3 is 9.84 Å². The molecule has 0 fully saturated rings. The normalized spacial score (nSPS) is 21.5. The van der Waals surface area contributed by atoms with Gasteiger partial charge in [-0.2, -0.15) is 0 Å². The van der Waals surface area contributed by atoms with Crippen LogP contribution in [0.25, 0.3) is 291 Å². The summed E-state index contributed by atoms with van der Waals surface area (Å²) in [6.07, 6.45) is 0. The molecule has 0 amide bonds. The Hall–Kier alpha value is -8.60. The van der Waals surface area contributed by atoms with E-state index in [4.69, 9.17) is 16.3 Å². The van der Waals surface area contributed by atoms with E-state index >= 15 is 9.90 Å². The Balaban J connectivity index is 1.15. The van der Waals surface area contributed by atoms with Crippen molar-refractivity contribution in [2.45, 2.75) is 11.2 Å². The number of rotatable bonds is 2. The molecule has 0 aliphatic heterocycles. The Kier molecular flexibility index (Phi) is 2.32. The van der Waals surface area contributed by atoms with E-state index in [-0.39, 0.29) is 0 Å². The zero-order valence-electron chi connectivity index (χ0n) is 35.5. The van der Waals surface area contributed by atoms with Gasteiger partial charge in [-0.05, 0) is 315 Å². The lowest BCUT2D eigenvalue weighted by atomic mass is 9.61. The molecule has 0 unspecified atom stereocenters. The Morgan fingerprint density at radius 1 is 0.282 bits per heavy atom. The number of carbonyl (C=O) groups is 1.